The molecule has 2 aromatic rings. The zero-order valence-electron chi connectivity index (χ0n) is 20.3. The Balaban J connectivity index is 1.25. The van der Waals surface area contributed by atoms with E-state index in [2.05, 4.69) is 15.1 Å². The van der Waals surface area contributed by atoms with Crippen molar-refractivity contribution in [2.45, 2.75) is 39.1 Å². The van der Waals surface area contributed by atoms with E-state index >= 15 is 0 Å². The third-order valence-electron chi connectivity index (χ3n) is 5.91. The molecule has 36 heavy (non-hydrogen) atoms. The van der Waals surface area contributed by atoms with Crippen LogP contribution in [0, 0.1) is 11.7 Å². The standard InChI is InChI=1S/C25H31FN4O6/c1-17(32)34-14-18(15-35-23-7-2-3-8-33-23)16-36-29-21-11-30(12-21)25-27-9-20(10-28-25)22-6-4-5-19(13-31)24(22)26/h4-6,9-10,18,23,31H,2-3,7-8,11-16H2,1H3. The van der Waals surface area contributed by atoms with Gasteiger partial charge in [0, 0.05) is 42.6 Å². The summed E-state index contributed by atoms with van der Waals surface area (Å²) in [7, 11) is 0. The van der Waals surface area contributed by atoms with E-state index in [4.69, 9.17) is 19.0 Å². The van der Waals surface area contributed by atoms with Gasteiger partial charge in [0.15, 0.2) is 6.29 Å². The number of aromatic nitrogens is 2. The van der Waals surface area contributed by atoms with Gasteiger partial charge >= 0.3 is 5.97 Å². The van der Waals surface area contributed by atoms with Crippen molar-refractivity contribution in [3.05, 3.63) is 42.0 Å². The molecule has 0 saturated carbocycles. The summed E-state index contributed by atoms with van der Waals surface area (Å²) in [5, 5.41) is 13.4. The van der Waals surface area contributed by atoms with Gasteiger partial charge in [-0.3, -0.25) is 4.79 Å². The van der Waals surface area contributed by atoms with E-state index < -0.39 is 5.82 Å². The summed E-state index contributed by atoms with van der Waals surface area (Å²) in [6.45, 7) is 3.47. The molecule has 2 fully saturated rings. The molecule has 2 aliphatic rings. The lowest BCUT2D eigenvalue weighted by molar-refractivity contribution is -0.176. The van der Waals surface area contributed by atoms with Crippen molar-refractivity contribution in [2.75, 3.05) is 44.4 Å². The Kier molecular flexibility index (Phi) is 9.15. The second-order valence-corrected chi connectivity index (χ2v) is 8.82. The lowest BCUT2D eigenvalue weighted by Gasteiger charge is -2.32. The Hall–Kier alpha value is -3.15. The van der Waals surface area contributed by atoms with Crippen molar-refractivity contribution in [2.24, 2.45) is 11.1 Å². The van der Waals surface area contributed by atoms with Crippen LogP contribution in [0.3, 0.4) is 0 Å². The van der Waals surface area contributed by atoms with Gasteiger partial charge < -0.3 is 29.1 Å². The van der Waals surface area contributed by atoms with Gasteiger partial charge in [0.2, 0.25) is 5.95 Å². The smallest absolute Gasteiger partial charge is 0.302 e. The minimum Gasteiger partial charge on any atom is -0.465 e. The van der Waals surface area contributed by atoms with E-state index in [9.17, 15) is 14.3 Å². The van der Waals surface area contributed by atoms with Crippen LogP contribution in [0.25, 0.3) is 11.1 Å². The summed E-state index contributed by atoms with van der Waals surface area (Å²) in [4.78, 5) is 27.3. The van der Waals surface area contributed by atoms with Crippen molar-refractivity contribution < 1.29 is 33.3 Å². The van der Waals surface area contributed by atoms with Crippen LogP contribution in [0.15, 0.2) is 35.7 Å². The van der Waals surface area contributed by atoms with Crippen LogP contribution in [0.4, 0.5) is 10.3 Å². The molecule has 2 unspecified atom stereocenters. The number of carbonyl (C=O) groups is 1. The molecule has 4 rings (SSSR count). The molecular weight excluding hydrogens is 471 g/mol. The molecule has 0 spiro atoms. The number of ether oxygens (including phenoxy) is 3. The minimum atomic E-state index is -0.476. The summed E-state index contributed by atoms with van der Waals surface area (Å²) < 4.78 is 31.0. The second kappa shape index (κ2) is 12.7. The Morgan fingerprint density at radius 2 is 2.06 bits per heavy atom. The van der Waals surface area contributed by atoms with Crippen LogP contribution in [0.1, 0.15) is 31.7 Å². The molecule has 2 atom stereocenters. The number of aliphatic hydroxyl groups is 1. The molecule has 1 aromatic carbocycles. The molecule has 1 aromatic heterocycles. The maximum atomic E-state index is 14.5. The van der Waals surface area contributed by atoms with Crippen LogP contribution >= 0.6 is 0 Å². The summed E-state index contributed by atoms with van der Waals surface area (Å²) in [5.74, 6) is -0.495. The van der Waals surface area contributed by atoms with Gasteiger partial charge in [-0.1, -0.05) is 23.4 Å². The Bertz CT molecular complexity index is 1040. The first-order valence-corrected chi connectivity index (χ1v) is 12.0. The van der Waals surface area contributed by atoms with Crippen LogP contribution in [-0.2, 0) is 30.4 Å². The first-order valence-electron chi connectivity index (χ1n) is 12.0. The monoisotopic (exact) mass is 502 g/mol. The molecule has 10 nitrogen and oxygen atoms in total. The number of nitrogens with zero attached hydrogens (tertiary/aromatic N) is 4. The largest absolute Gasteiger partial charge is 0.465 e. The van der Waals surface area contributed by atoms with Crippen molar-refractivity contribution >= 4 is 17.6 Å². The van der Waals surface area contributed by atoms with Crippen LogP contribution in [0.5, 0.6) is 0 Å². The van der Waals surface area contributed by atoms with Crippen molar-refractivity contribution in [1.82, 2.24) is 9.97 Å². The van der Waals surface area contributed by atoms with E-state index in [0.717, 1.165) is 25.0 Å². The molecule has 0 amide bonds. The predicted octanol–water partition coefficient (Wildman–Crippen LogP) is 2.69. The van der Waals surface area contributed by atoms with E-state index in [0.29, 0.717) is 43.4 Å². The average Bonchev–Trinajstić information content (AvgIpc) is 2.87. The van der Waals surface area contributed by atoms with E-state index in [1.165, 1.54) is 13.0 Å². The number of halogens is 1. The average molecular weight is 503 g/mol. The van der Waals surface area contributed by atoms with Crippen molar-refractivity contribution in [3.8, 4) is 11.1 Å². The summed E-state index contributed by atoms with van der Waals surface area (Å²) in [6, 6.07) is 4.84. The molecule has 11 heteroatoms. The number of hydrogen-bond acceptors (Lipinski definition) is 10. The lowest BCUT2D eigenvalue weighted by Crippen LogP contribution is -2.48. The fourth-order valence-corrected chi connectivity index (χ4v) is 3.84. The number of hydrogen-bond donors (Lipinski definition) is 1. The summed E-state index contributed by atoms with van der Waals surface area (Å²) in [6.07, 6.45) is 5.85. The number of benzene rings is 1. The van der Waals surface area contributed by atoms with Crippen molar-refractivity contribution in [3.63, 3.8) is 0 Å². The highest BCUT2D eigenvalue weighted by molar-refractivity contribution is 5.98. The van der Waals surface area contributed by atoms with E-state index in [-0.39, 0.29) is 43.6 Å². The third-order valence-corrected chi connectivity index (χ3v) is 5.91. The molecule has 1 N–H and O–H groups in total. The summed E-state index contributed by atoms with van der Waals surface area (Å²) >= 11 is 0. The summed E-state index contributed by atoms with van der Waals surface area (Å²) in [5.41, 5.74) is 1.93. The van der Waals surface area contributed by atoms with Gasteiger partial charge in [-0.25, -0.2) is 14.4 Å². The molecule has 0 bridgehead atoms. The fraction of sp³-hybridized carbons (Fsp3) is 0.520. The zero-order valence-corrected chi connectivity index (χ0v) is 20.3. The van der Waals surface area contributed by atoms with E-state index in [1.54, 1.807) is 24.5 Å². The maximum Gasteiger partial charge on any atom is 0.302 e. The third kappa shape index (κ3) is 6.96. The minimum absolute atomic E-state index is 0.166. The second-order valence-electron chi connectivity index (χ2n) is 8.82. The van der Waals surface area contributed by atoms with Crippen LogP contribution in [0.2, 0.25) is 0 Å². The molecular formula is C25H31FN4O6. The molecule has 194 valence electrons. The Morgan fingerprint density at radius 1 is 1.25 bits per heavy atom. The van der Waals surface area contributed by atoms with Gasteiger partial charge in [-0.2, -0.15) is 0 Å². The number of aliphatic hydroxyl groups excluding tert-OH is 1. The fourth-order valence-electron chi connectivity index (χ4n) is 3.84. The maximum absolute atomic E-state index is 14.5. The van der Waals surface area contributed by atoms with Crippen molar-refractivity contribution in [1.29, 1.82) is 0 Å². The van der Waals surface area contributed by atoms with Crippen LogP contribution in [-0.4, -0.2) is 72.6 Å². The predicted molar refractivity (Wildman–Crippen MR) is 129 cm³/mol. The van der Waals surface area contributed by atoms with Gasteiger partial charge in [-0.15, -0.1) is 0 Å². The Labute approximate surface area is 209 Å². The zero-order chi connectivity index (χ0) is 25.3. The molecule has 0 radical (unpaired) electrons. The highest BCUT2D eigenvalue weighted by Gasteiger charge is 2.26. The number of esters is 1. The first-order chi connectivity index (χ1) is 17.5. The van der Waals surface area contributed by atoms with Gasteiger partial charge in [0.1, 0.15) is 12.4 Å². The number of carbonyl (C=O) groups excluding carboxylic acids is 1. The SMILES string of the molecule is CC(=O)OCC(CON=C1CN(c2ncc(-c3cccc(CO)c3F)cn2)C1)COC1CCCCO1. The lowest BCUT2D eigenvalue weighted by atomic mass is 10.1. The van der Waals surface area contributed by atoms with Gasteiger partial charge in [0.25, 0.3) is 0 Å². The first kappa shape index (κ1) is 25.9. The molecule has 2 aliphatic heterocycles. The number of rotatable bonds is 11. The Morgan fingerprint density at radius 3 is 2.75 bits per heavy atom. The van der Waals surface area contributed by atoms with Crippen LogP contribution < -0.4 is 4.90 Å². The normalized spacial score (nSPS) is 18.4. The molecule has 2 saturated heterocycles. The highest BCUT2D eigenvalue weighted by Crippen LogP contribution is 2.25. The molecule has 0 aliphatic carbocycles. The molecule has 3 heterocycles. The van der Waals surface area contributed by atoms with Gasteiger partial charge in [0.05, 0.1) is 44.5 Å². The highest BCUT2D eigenvalue weighted by atomic mass is 19.1. The van der Waals surface area contributed by atoms with E-state index in [1.807, 2.05) is 4.90 Å². The number of oxime groups is 1. The topological polar surface area (TPSA) is 116 Å². The number of anilines is 1. The van der Waals surface area contributed by atoms with Gasteiger partial charge in [-0.05, 0) is 19.3 Å². The quantitative estimate of drug-likeness (QED) is 0.366.